The number of likely N-dealkylation sites (N-methyl/N-ethyl adjacent to an activating group) is 1. The van der Waals surface area contributed by atoms with E-state index in [4.69, 9.17) is 13.8 Å². The van der Waals surface area contributed by atoms with Crippen molar-refractivity contribution in [1.29, 1.82) is 0 Å². The lowest BCUT2D eigenvalue weighted by Gasteiger charge is -2.30. The number of carbonyl (C=O) groups excluding carboxylic acids is 2. The molecule has 0 saturated carbocycles. The minimum absolute atomic E-state index is 0.0394. The molecule has 0 spiro atoms. The number of esters is 1. The molecule has 0 rings (SSSR count). The molecular formula is C60H107N2O7P. The average Bonchev–Trinajstić information content (AvgIpc) is 3.32. The van der Waals surface area contributed by atoms with Crippen LogP contribution in [0.25, 0.3) is 0 Å². The predicted octanol–water partition coefficient (Wildman–Crippen LogP) is 16.4. The van der Waals surface area contributed by atoms with Crippen LogP contribution >= 0.6 is 7.82 Å². The van der Waals surface area contributed by atoms with E-state index in [9.17, 15) is 19.0 Å². The summed E-state index contributed by atoms with van der Waals surface area (Å²) in [6.07, 6.45) is 64.2. The molecule has 0 fully saturated rings. The van der Waals surface area contributed by atoms with Crippen LogP contribution in [0.4, 0.5) is 0 Å². The Hall–Kier alpha value is -2.81. The first-order valence-electron chi connectivity index (χ1n) is 28.4. The molecule has 0 heterocycles. The van der Waals surface area contributed by atoms with Gasteiger partial charge < -0.3 is 28.5 Å². The Balaban J connectivity index is 5.44. The zero-order chi connectivity index (χ0) is 51.5. The number of quaternary nitrogens is 1. The minimum Gasteiger partial charge on any atom is -0.756 e. The number of hydrogen-bond donors (Lipinski definition) is 1. The van der Waals surface area contributed by atoms with E-state index in [1.165, 1.54) is 109 Å². The lowest BCUT2D eigenvalue weighted by Crippen LogP contribution is -2.47. The number of ether oxygens (including phenoxy) is 1. The molecule has 3 atom stereocenters. The van der Waals surface area contributed by atoms with Gasteiger partial charge in [-0.2, -0.15) is 0 Å². The third-order valence-corrected chi connectivity index (χ3v) is 13.0. The lowest BCUT2D eigenvalue weighted by atomic mass is 10.1. The summed E-state index contributed by atoms with van der Waals surface area (Å²) in [5, 5.41) is 2.96. The fraction of sp³-hybridized carbons (Fsp3) is 0.733. The van der Waals surface area contributed by atoms with Gasteiger partial charge >= 0.3 is 5.97 Å². The third-order valence-electron chi connectivity index (χ3n) is 12.1. The summed E-state index contributed by atoms with van der Waals surface area (Å²) in [5.41, 5.74) is 0. The highest BCUT2D eigenvalue weighted by Crippen LogP contribution is 2.38. The number of amides is 1. The molecule has 9 nitrogen and oxygen atoms in total. The molecule has 0 radical (unpaired) electrons. The van der Waals surface area contributed by atoms with Crippen molar-refractivity contribution in [2.45, 2.75) is 245 Å². The molecule has 0 bridgehead atoms. The standard InChI is InChI=1S/C60H107N2O7P/c1-7-10-13-16-19-22-25-27-29-31-33-35-38-41-44-47-50-53-60(64)69-58(51-48-45-42-39-36-24-21-18-15-12-9-3)57(56-68-70(65,66)67-55-54-62(4,5)6)61-59(63)52-49-46-43-40-37-34-32-30-28-26-23-20-17-14-11-8-2/h11,14,20,23,27-30,34,37,43,46,48,51,57-58H,7-10,12-13,15-19,21-22,24-26,31-33,35-36,38-42,44-45,47,49-50,52-56H2,1-6H3,(H-,61,63,65,66)/b14-11+,23-20+,29-27+,30-28+,37-34+,46-43+,51-48+. The van der Waals surface area contributed by atoms with Crippen molar-refractivity contribution in [3.63, 3.8) is 0 Å². The highest BCUT2D eigenvalue weighted by Gasteiger charge is 2.27. The van der Waals surface area contributed by atoms with Crippen LogP contribution in [0.1, 0.15) is 233 Å². The minimum atomic E-state index is -4.72. The molecule has 3 unspecified atom stereocenters. The fourth-order valence-electron chi connectivity index (χ4n) is 7.68. The molecule has 0 saturated heterocycles. The number of phosphoric acid groups is 1. The first kappa shape index (κ1) is 67.2. The Morgan fingerprint density at radius 2 is 0.929 bits per heavy atom. The van der Waals surface area contributed by atoms with Gasteiger partial charge in [0.15, 0.2) is 0 Å². The van der Waals surface area contributed by atoms with E-state index >= 15 is 0 Å². The van der Waals surface area contributed by atoms with Crippen LogP contribution in [-0.2, 0) is 27.9 Å². The van der Waals surface area contributed by atoms with Gasteiger partial charge in [0.2, 0.25) is 5.91 Å². The van der Waals surface area contributed by atoms with Crippen molar-refractivity contribution in [3.05, 3.63) is 85.1 Å². The first-order valence-corrected chi connectivity index (χ1v) is 29.9. The second-order valence-electron chi connectivity index (χ2n) is 20.1. The van der Waals surface area contributed by atoms with Crippen LogP contribution in [0, 0.1) is 0 Å². The molecule has 0 aromatic heterocycles. The van der Waals surface area contributed by atoms with Crippen molar-refractivity contribution in [1.82, 2.24) is 5.32 Å². The molecule has 70 heavy (non-hydrogen) atoms. The van der Waals surface area contributed by atoms with Crippen LogP contribution in [0.5, 0.6) is 0 Å². The molecule has 10 heteroatoms. The van der Waals surface area contributed by atoms with Gasteiger partial charge in [0, 0.05) is 12.8 Å². The SMILES string of the molecule is CC/C=C/C/C=C/C/C=C/C/C=C/C/C=C/CCC(=O)NC(COP(=O)([O-])OCC[N+](C)(C)C)C(/C=C/CCCCCCCCCCC)OC(=O)CCCCCCCCC/C=C/CCCCCCCC. The highest BCUT2D eigenvalue weighted by atomic mass is 31.2. The van der Waals surface area contributed by atoms with Crippen LogP contribution in [0.2, 0.25) is 0 Å². The number of nitrogens with one attached hydrogen (secondary N) is 1. The summed E-state index contributed by atoms with van der Waals surface area (Å²) in [7, 11) is 1.13. The van der Waals surface area contributed by atoms with Crippen molar-refractivity contribution < 1.29 is 37.3 Å². The number of unbranched alkanes of at least 4 members (excludes halogenated alkanes) is 22. The summed E-state index contributed by atoms with van der Waals surface area (Å²) >= 11 is 0. The third kappa shape index (κ3) is 50.1. The number of nitrogens with zero attached hydrogens (tertiary/aromatic N) is 1. The summed E-state index contributed by atoms with van der Waals surface area (Å²) in [6, 6.07) is -0.932. The first-order chi connectivity index (χ1) is 33.9. The van der Waals surface area contributed by atoms with Gasteiger partial charge in [0.1, 0.15) is 19.3 Å². The van der Waals surface area contributed by atoms with E-state index in [0.717, 1.165) is 77.0 Å². The van der Waals surface area contributed by atoms with Crippen molar-refractivity contribution in [2.24, 2.45) is 0 Å². The maximum atomic E-state index is 13.4. The second kappa shape index (κ2) is 49.8. The Labute approximate surface area is 431 Å². The number of rotatable bonds is 50. The van der Waals surface area contributed by atoms with E-state index in [1.54, 1.807) is 6.08 Å². The number of phosphoric ester groups is 1. The number of allylic oxidation sites excluding steroid dienone is 13. The van der Waals surface area contributed by atoms with Crippen molar-refractivity contribution in [2.75, 3.05) is 40.9 Å². The van der Waals surface area contributed by atoms with Crippen LogP contribution < -0.4 is 10.2 Å². The summed E-state index contributed by atoms with van der Waals surface area (Å²) in [4.78, 5) is 39.8. The van der Waals surface area contributed by atoms with E-state index in [0.29, 0.717) is 23.9 Å². The summed E-state index contributed by atoms with van der Waals surface area (Å²) < 4.78 is 30.1. The number of hydrogen-bond acceptors (Lipinski definition) is 7. The van der Waals surface area contributed by atoms with Crippen LogP contribution in [-0.4, -0.2) is 69.4 Å². The van der Waals surface area contributed by atoms with E-state index in [1.807, 2.05) is 39.4 Å². The van der Waals surface area contributed by atoms with E-state index in [-0.39, 0.29) is 31.3 Å². The Bertz CT molecular complexity index is 1480. The normalized spacial score (nSPS) is 14.4. The molecule has 1 amide bonds. The van der Waals surface area contributed by atoms with E-state index < -0.39 is 26.6 Å². The Morgan fingerprint density at radius 1 is 0.514 bits per heavy atom. The van der Waals surface area contributed by atoms with Crippen LogP contribution in [0.15, 0.2) is 85.1 Å². The molecule has 0 aromatic rings. The van der Waals surface area contributed by atoms with Gasteiger partial charge in [0.25, 0.3) is 7.82 Å². The maximum Gasteiger partial charge on any atom is 0.306 e. The molecule has 1 N–H and O–H groups in total. The summed E-state index contributed by atoms with van der Waals surface area (Å²) in [6.45, 7) is 6.64. The maximum absolute atomic E-state index is 13.4. The molecule has 0 aliphatic carbocycles. The fourth-order valence-corrected chi connectivity index (χ4v) is 8.40. The zero-order valence-electron chi connectivity index (χ0n) is 45.9. The van der Waals surface area contributed by atoms with Gasteiger partial charge in [0.05, 0.1) is 33.8 Å². The predicted molar refractivity (Wildman–Crippen MR) is 298 cm³/mol. The van der Waals surface area contributed by atoms with Crippen molar-refractivity contribution in [3.8, 4) is 0 Å². The largest absolute Gasteiger partial charge is 0.756 e. The van der Waals surface area contributed by atoms with Gasteiger partial charge in [-0.15, -0.1) is 0 Å². The quantitative estimate of drug-likeness (QED) is 0.0212. The monoisotopic (exact) mass is 999 g/mol. The van der Waals surface area contributed by atoms with Crippen LogP contribution in [0.3, 0.4) is 0 Å². The Kier molecular flexibility index (Phi) is 47.8. The molecule has 0 aliphatic heterocycles. The van der Waals surface area contributed by atoms with Gasteiger partial charge in [-0.25, -0.2) is 0 Å². The molecule has 404 valence electrons. The number of carbonyl (C=O) groups is 2. The summed E-state index contributed by atoms with van der Waals surface area (Å²) in [5.74, 6) is -0.647. The topological polar surface area (TPSA) is 114 Å². The van der Waals surface area contributed by atoms with E-state index in [2.05, 4.69) is 86.8 Å². The lowest BCUT2D eigenvalue weighted by molar-refractivity contribution is -0.870. The molecule has 0 aliphatic rings. The Morgan fingerprint density at radius 3 is 1.40 bits per heavy atom. The smallest absolute Gasteiger partial charge is 0.306 e. The molecule has 0 aromatic carbocycles. The van der Waals surface area contributed by atoms with Crippen molar-refractivity contribution >= 4 is 19.7 Å². The average molecular weight is 999 g/mol. The molecular weight excluding hydrogens is 892 g/mol. The highest BCUT2D eigenvalue weighted by molar-refractivity contribution is 7.45. The zero-order valence-corrected chi connectivity index (χ0v) is 46.8. The van der Waals surface area contributed by atoms with Gasteiger partial charge in [-0.1, -0.05) is 215 Å². The second-order valence-corrected chi connectivity index (χ2v) is 21.5. The van der Waals surface area contributed by atoms with Gasteiger partial charge in [-0.05, 0) is 89.5 Å². The van der Waals surface area contributed by atoms with Gasteiger partial charge in [-0.3, -0.25) is 14.2 Å².